The number of aliphatic hydroxyl groups excluding tert-OH is 1. The molecule has 252 valence electrons. The number of rotatable bonds is 5. The summed E-state index contributed by atoms with van der Waals surface area (Å²) >= 11 is 1.56. The van der Waals surface area contributed by atoms with Crippen molar-refractivity contribution in [1.29, 1.82) is 0 Å². The second-order valence-electron chi connectivity index (χ2n) is 12.2. The lowest BCUT2D eigenvalue weighted by atomic mass is 9.90. The normalized spacial score (nSPS) is 27.1. The minimum Gasteiger partial charge on any atom is -0.460 e. The average Bonchev–Trinajstić information content (AvgIpc) is 3.54. The maximum Gasteiger partial charge on any atom is 0.328 e. The molecule has 1 aliphatic heterocycles. The number of carbonyl (C=O) groups is 3. The number of hydrogen-bond donors (Lipinski definition) is 3. The Morgan fingerprint density at radius 1 is 1.11 bits per heavy atom. The largest absolute Gasteiger partial charge is 0.460 e. The Balaban J connectivity index is 1.54. The molecule has 0 spiro atoms. The highest BCUT2D eigenvalue weighted by atomic mass is 32.1. The van der Waals surface area contributed by atoms with Crippen molar-refractivity contribution in [2.24, 2.45) is 5.92 Å². The second kappa shape index (κ2) is 17.9. The molecule has 3 N–H and O–H groups in total. The molecule has 0 fully saturated rings. The first-order valence-corrected chi connectivity index (χ1v) is 17.3. The lowest BCUT2D eigenvalue weighted by Crippen LogP contribution is -2.43. The zero-order chi connectivity index (χ0) is 33.8. The van der Waals surface area contributed by atoms with Crippen LogP contribution in [0.5, 0.6) is 0 Å². The molecule has 2 aromatic rings. The quantitative estimate of drug-likeness (QED) is 0.247. The first kappa shape index (κ1) is 36.0. The van der Waals surface area contributed by atoms with E-state index in [-0.39, 0.29) is 18.2 Å². The van der Waals surface area contributed by atoms with Crippen LogP contribution in [0.2, 0.25) is 0 Å². The van der Waals surface area contributed by atoms with E-state index in [2.05, 4.69) is 15.6 Å². The Bertz CT molecular complexity index is 1550. The van der Waals surface area contributed by atoms with E-state index in [9.17, 15) is 19.5 Å². The summed E-state index contributed by atoms with van der Waals surface area (Å²) in [6, 6.07) is 3.03. The van der Waals surface area contributed by atoms with E-state index in [1.807, 2.05) is 74.6 Å². The number of hydrogen-bond acceptors (Lipinski definition) is 8. The number of nitrogens with one attached hydrogen (secondary N) is 2. The van der Waals surface area contributed by atoms with E-state index in [4.69, 9.17) is 9.47 Å². The summed E-state index contributed by atoms with van der Waals surface area (Å²) in [7, 11) is 1.57. The minimum absolute atomic E-state index is 0.155. The molecule has 4 rings (SSSR count). The Kier molecular flexibility index (Phi) is 13.7. The summed E-state index contributed by atoms with van der Waals surface area (Å²) in [5.74, 6) is -1.36. The molecule has 0 saturated carbocycles. The van der Waals surface area contributed by atoms with Crippen LogP contribution in [0.25, 0.3) is 10.2 Å². The van der Waals surface area contributed by atoms with Gasteiger partial charge in [0.05, 0.1) is 34.4 Å². The summed E-state index contributed by atoms with van der Waals surface area (Å²) in [5, 5.41) is 17.2. The minimum atomic E-state index is -0.855. The van der Waals surface area contributed by atoms with Gasteiger partial charge < -0.3 is 25.2 Å². The molecule has 10 heteroatoms. The molecular weight excluding hydrogens is 614 g/mol. The Morgan fingerprint density at radius 3 is 2.68 bits per heavy atom. The monoisotopic (exact) mass is 661 g/mol. The van der Waals surface area contributed by atoms with E-state index in [0.29, 0.717) is 36.9 Å². The van der Waals surface area contributed by atoms with Crippen LogP contribution >= 0.6 is 11.3 Å². The second-order valence-corrected chi connectivity index (χ2v) is 13.1. The van der Waals surface area contributed by atoms with E-state index in [1.54, 1.807) is 30.9 Å². The van der Waals surface area contributed by atoms with Gasteiger partial charge in [-0.1, -0.05) is 55.5 Å². The van der Waals surface area contributed by atoms with Crippen LogP contribution in [0.3, 0.4) is 0 Å². The van der Waals surface area contributed by atoms with Gasteiger partial charge in [0.15, 0.2) is 0 Å². The van der Waals surface area contributed by atoms with Crippen LogP contribution in [0.1, 0.15) is 71.3 Å². The molecule has 47 heavy (non-hydrogen) atoms. The van der Waals surface area contributed by atoms with Gasteiger partial charge >= 0.3 is 5.97 Å². The molecule has 2 bridgehead atoms. The van der Waals surface area contributed by atoms with Gasteiger partial charge in [-0.15, -0.1) is 11.3 Å². The lowest BCUT2D eigenvalue weighted by molar-refractivity contribution is -0.156. The summed E-state index contributed by atoms with van der Waals surface area (Å²) in [6.45, 7) is 5.38. The molecule has 1 aromatic heterocycles. The smallest absolute Gasteiger partial charge is 0.328 e. The third kappa shape index (κ3) is 10.6. The van der Waals surface area contributed by atoms with Gasteiger partial charge in [-0.2, -0.15) is 0 Å². The Labute approximate surface area is 281 Å². The molecule has 5 atom stereocenters. The van der Waals surface area contributed by atoms with Crippen LogP contribution in [0.15, 0.2) is 77.4 Å². The number of carbonyl (C=O) groups excluding carboxylic acids is 3. The number of benzene rings is 1. The molecule has 0 radical (unpaired) electrons. The van der Waals surface area contributed by atoms with Gasteiger partial charge in [-0.05, 0) is 75.6 Å². The third-order valence-corrected chi connectivity index (χ3v) is 9.55. The molecule has 1 aliphatic carbocycles. The number of nitrogens with zero attached hydrogens (tertiary/aromatic N) is 1. The summed E-state index contributed by atoms with van der Waals surface area (Å²) in [6.07, 6.45) is 18.6. The predicted octanol–water partition coefficient (Wildman–Crippen LogP) is 6.51. The van der Waals surface area contributed by atoms with Gasteiger partial charge in [0.2, 0.25) is 11.8 Å². The lowest BCUT2D eigenvalue weighted by Gasteiger charge is -2.29. The van der Waals surface area contributed by atoms with Crippen molar-refractivity contribution < 1.29 is 29.0 Å². The first-order valence-electron chi connectivity index (χ1n) is 16.4. The number of esters is 1. The van der Waals surface area contributed by atoms with E-state index < -0.39 is 36.2 Å². The Morgan fingerprint density at radius 2 is 1.91 bits per heavy atom. The Hall–Kier alpha value is -3.86. The summed E-state index contributed by atoms with van der Waals surface area (Å²) in [4.78, 5) is 43.2. The fourth-order valence-corrected chi connectivity index (χ4v) is 6.55. The number of aliphatic hydroxyl groups is 1. The topological polar surface area (TPSA) is 127 Å². The van der Waals surface area contributed by atoms with Crippen LogP contribution in [-0.4, -0.2) is 59.3 Å². The number of thiazole rings is 1. The van der Waals surface area contributed by atoms with Crippen molar-refractivity contribution >= 4 is 45.0 Å². The zero-order valence-corrected chi connectivity index (χ0v) is 28.6. The maximum absolute atomic E-state index is 13.2. The number of amides is 2. The van der Waals surface area contributed by atoms with Gasteiger partial charge in [-0.3, -0.25) is 9.59 Å². The van der Waals surface area contributed by atoms with Crippen molar-refractivity contribution in [3.05, 3.63) is 83.0 Å². The van der Waals surface area contributed by atoms with E-state index >= 15 is 0 Å². The average molecular weight is 662 g/mol. The number of aryl methyl sites for hydroxylation is 1. The van der Waals surface area contributed by atoms with Crippen molar-refractivity contribution in [2.75, 3.05) is 12.4 Å². The number of methoxy groups -OCH3 is 1. The van der Waals surface area contributed by atoms with Crippen LogP contribution < -0.4 is 10.6 Å². The summed E-state index contributed by atoms with van der Waals surface area (Å²) < 4.78 is 12.5. The number of allylic oxidation sites excluding steroid dienone is 6. The SMILES string of the molecule is CO[C@H]1/C=C/C=C/C=C/C[C@H](OC(=O)[C@@H](C)NC(=O)C2=CCCCC2)[C@H](C)[C@@H](O)/C(C)=C\CCc2cc(cc3ncsc23)NC(=O)C1. The predicted molar refractivity (Wildman–Crippen MR) is 187 cm³/mol. The molecule has 1 aromatic carbocycles. The van der Waals surface area contributed by atoms with E-state index in [1.165, 1.54) is 0 Å². The van der Waals surface area contributed by atoms with Gasteiger partial charge in [0.25, 0.3) is 0 Å². The standard InChI is InChI=1S/C37H47N3O6S/c1-24-14-13-17-28-20-29(21-31-35(28)47-23-38-31)40-33(41)22-30(45-4)18-11-6-5-7-12-19-32(25(2)34(24)42)46-37(44)26(3)39-36(43)27-15-9-8-10-16-27/h5-7,11-12,14-15,18,20-21,23,25-26,30,32,34,42H,8-10,13,16-17,19,22H2,1-4H3,(H,39,43)(H,40,41)/b6-5+,12-7+,18-11+,24-14-/t25-,26+,30-,32-,34-/m0/s1. The van der Waals surface area contributed by atoms with Gasteiger partial charge in [-0.25, -0.2) is 9.78 Å². The van der Waals surface area contributed by atoms with Crippen molar-refractivity contribution in [3.63, 3.8) is 0 Å². The highest BCUT2D eigenvalue weighted by Crippen LogP contribution is 2.29. The van der Waals surface area contributed by atoms with Crippen molar-refractivity contribution in [2.45, 2.75) is 96.5 Å². The third-order valence-electron chi connectivity index (χ3n) is 8.63. The molecule has 0 saturated heterocycles. The van der Waals surface area contributed by atoms with E-state index in [0.717, 1.165) is 40.6 Å². The number of fused-ring (bicyclic) bond motifs is 4. The molecule has 9 nitrogen and oxygen atoms in total. The van der Waals surface area contributed by atoms with Gasteiger partial charge in [0.1, 0.15) is 12.1 Å². The molecule has 2 amide bonds. The van der Waals surface area contributed by atoms with Crippen LogP contribution in [-0.2, 0) is 30.3 Å². The number of anilines is 1. The molecule has 0 unspecified atom stereocenters. The first-order chi connectivity index (χ1) is 22.7. The van der Waals surface area contributed by atoms with Crippen molar-refractivity contribution in [1.82, 2.24) is 10.3 Å². The summed E-state index contributed by atoms with van der Waals surface area (Å²) in [5.41, 5.74) is 5.85. The van der Waals surface area contributed by atoms with Gasteiger partial charge in [0, 0.05) is 30.7 Å². The fourth-order valence-electron chi connectivity index (χ4n) is 5.74. The maximum atomic E-state index is 13.2. The highest BCUT2D eigenvalue weighted by Gasteiger charge is 2.30. The molecular formula is C37H47N3O6S. The zero-order valence-electron chi connectivity index (χ0n) is 27.7. The van der Waals surface area contributed by atoms with Crippen molar-refractivity contribution in [3.8, 4) is 0 Å². The molecule has 2 heterocycles. The van der Waals surface area contributed by atoms with Crippen LogP contribution in [0.4, 0.5) is 5.69 Å². The van der Waals surface area contributed by atoms with Crippen LogP contribution in [0, 0.1) is 5.92 Å². The molecule has 2 aliphatic rings. The number of aromatic nitrogens is 1. The highest BCUT2D eigenvalue weighted by molar-refractivity contribution is 7.17. The number of ether oxygens (including phenoxy) is 2. The fraction of sp³-hybridized carbons (Fsp3) is 0.459.